The normalized spacial score (nSPS) is 23.5. The monoisotopic (exact) mass is 480 g/mol. The van der Waals surface area contributed by atoms with E-state index in [2.05, 4.69) is 10.2 Å². The number of hydrogen-bond donors (Lipinski definition) is 1. The lowest BCUT2D eigenvalue weighted by Crippen LogP contribution is -2.43. The fraction of sp³-hybridized carbons (Fsp3) is 0.500. The number of amides is 1. The van der Waals surface area contributed by atoms with Crippen molar-refractivity contribution in [2.45, 2.75) is 49.0 Å². The van der Waals surface area contributed by atoms with Gasteiger partial charge < -0.3 is 19.5 Å². The Morgan fingerprint density at radius 3 is 2.71 bits per heavy atom. The van der Waals surface area contributed by atoms with Crippen LogP contribution in [0.4, 0.5) is 11.8 Å². The quantitative estimate of drug-likeness (QED) is 0.608. The second-order valence-electron chi connectivity index (χ2n) is 9.38. The van der Waals surface area contributed by atoms with Gasteiger partial charge in [-0.1, -0.05) is 12.1 Å². The molecule has 1 N–H and O–H groups in total. The van der Waals surface area contributed by atoms with Gasteiger partial charge in [0.1, 0.15) is 16.2 Å². The number of aromatic nitrogens is 3. The van der Waals surface area contributed by atoms with E-state index in [1.54, 1.807) is 4.90 Å². The number of nitrogens with one attached hydrogen (secondary N) is 1. The summed E-state index contributed by atoms with van der Waals surface area (Å²) in [6, 6.07) is 7.97. The Kier molecular flexibility index (Phi) is 5.47. The third-order valence-electron chi connectivity index (χ3n) is 7.08. The first-order valence-corrected chi connectivity index (χ1v) is 13.3. The summed E-state index contributed by atoms with van der Waals surface area (Å²) in [7, 11) is 0.736. The molecule has 1 unspecified atom stereocenters. The van der Waals surface area contributed by atoms with E-state index in [0.29, 0.717) is 36.9 Å². The van der Waals surface area contributed by atoms with E-state index in [4.69, 9.17) is 19.4 Å². The molecular weight excluding hydrogens is 452 g/mol. The number of hydrogen-bond acceptors (Lipinski definition) is 8. The van der Waals surface area contributed by atoms with Gasteiger partial charge in [-0.25, -0.2) is 9.97 Å². The molecular formula is C24H28N6O3S. The molecule has 3 aromatic rings. The molecule has 2 saturated heterocycles. The van der Waals surface area contributed by atoms with Gasteiger partial charge in [-0.15, -0.1) is 0 Å². The number of nitrogens with zero attached hydrogens (tertiary/aromatic N) is 5. The Balaban J connectivity index is 1.20. The summed E-state index contributed by atoms with van der Waals surface area (Å²) >= 11 is 0. The molecule has 3 aliphatic heterocycles. The number of para-hydroxylation sites is 2. The molecule has 3 aliphatic rings. The molecule has 9 nitrogen and oxygen atoms in total. The van der Waals surface area contributed by atoms with Crippen LogP contribution in [-0.4, -0.2) is 68.4 Å². The Morgan fingerprint density at radius 2 is 1.91 bits per heavy atom. The maximum absolute atomic E-state index is 12.7. The molecule has 34 heavy (non-hydrogen) atoms. The Labute approximate surface area is 200 Å². The molecule has 6 rings (SSSR count). The Bertz CT molecular complexity index is 1240. The third kappa shape index (κ3) is 3.93. The van der Waals surface area contributed by atoms with Crippen molar-refractivity contribution in [3.05, 3.63) is 35.9 Å². The SMILES string of the molecule is CN1C[C@@H](Nc2nc(N3CCC(c4nc5ccccc5o4)CC3)nc3c2S(=O)CC3)CCC1=O. The number of rotatable bonds is 4. The number of fused-ring (bicyclic) bond motifs is 2. The molecule has 0 radical (unpaired) electrons. The number of anilines is 2. The third-order valence-corrected chi connectivity index (χ3v) is 8.54. The number of carbonyl (C=O) groups is 1. The molecule has 1 amide bonds. The highest BCUT2D eigenvalue weighted by Gasteiger charge is 2.32. The fourth-order valence-electron chi connectivity index (χ4n) is 5.14. The topological polar surface area (TPSA) is 104 Å². The van der Waals surface area contributed by atoms with Crippen LogP contribution in [-0.2, 0) is 22.0 Å². The molecule has 0 aliphatic carbocycles. The smallest absolute Gasteiger partial charge is 0.227 e. The van der Waals surface area contributed by atoms with Crippen LogP contribution < -0.4 is 10.2 Å². The molecule has 5 heterocycles. The first-order valence-electron chi connectivity index (χ1n) is 12.0. The molecule has 0 bridgehead atoms. The first kappa shape index (κ1) is 21.5. The zero-order valence-corrected chi connectivity index (χ0v) is 20.0. The van der Waals surface area contributed by atoms with Crippen molar-refractivity contribution >= 4 is 39.6 Å². The van der Waals surface area contributed by atoms with Crippen LogP contribution >= 0.6 is 0 Å². The predicted molar refractivity (Wildman–Crippen MR) is 129 cm³/mol. The summed E-state index contributed by atoms with van der Waals surface area (Å²) in [6.07, 6.45) is 3.80. The summed E-state index contributed by atoms with van der Waals surface area (Å²) in [6.45, 7) is 2.24. The van der Waals surface area contributed by atoms with Gasteiger partial charge in [0.05, 0.1) is 16.5 Å². The highest BCUT2D eigenvalue weighted by molar-refractivity contribution is 7.85. The van der Waals surface area contributed by atoms with Gasteiger partial charge in [-0.05, 0) is 31.4 Å². The predicted octanol–water partition coefficient (Wildman–Crippen LogP) is 2.70. The van der Waals surface area contributed by atoms with Crippen molar-refractivity contribution in [3.8, 4) is 0 Å². The molecule has 2 aromatic heterocycles. The zero-order chi connectivity index (χ0) is 23.2. The minimum Gasteiger partial charge on any atom is -0.440 e. The molecule has 1 aromatic carbocycles. The van der Waals surface area contributed by atoms with E-state index < -0.39 is 10.8 Å². The van der Waals surface area contributed by atoms with E-state index >= 15 is 0 Å². The largest absolute Gasteiger partial charge is 0.440 e. The highest BCUT2D eigenvalue weighted by Crippen LogP contribution is 2.34. The van der Waals surface area contributed by atoms with Gasteiger partial charge in [0.2, 0.25) is 11.9 Å². The van der Waals surface area contributed by atoms with Crippen LogP contribution in [0.15, 0.2) is 33.6 Å². The number of oxazole rings is 1. The lowest BCUT2D eigenvalue weighted by Gasteiger charge is -2.32. The molecule has 0 saturated carbocycles. The summed E-state index contributed by atoms with van der Waals surface area (Å²) in [5, 5.41) is 3.50. The van der Waals surface area contributed by atoms with Gasteiger partial charge in [0.15, 0.2) is 11.5 Å². The first-order chi connectivity index (χ1) is 16.5. The summed E-state index contributed by atoms with van der Waals surface area (Å²) < 4.78 is 18.7. The second kappa shape index (κ2) is 8.65. The summed E-state index contributed by atoms with van der Waals surface area (Å²) in [4.78, 5) is 30.9. The molecule has 10 heteroatoms. The molecule has 178 valence electrons. The Morgan fingerprint density at radius 1 is 1.09 bits per heavy atom. The van der Waals surface area contributed by atoms with Gasteiger partial charge in [0.25, 0.3) is 0 Å². The van der Waals surface area contributed by atoms with Crippen molar-refractivity contribution in [3.63, 3.8) is 0 Å². The second-order valence-corrected chi connectivity index (χ2v) is 10.9. The van der Waals surface area contributed by atoms with Crippen LogP contribution in [0.1, 0.15) is 43.2 Å². The van der Waals surface area contributed by atoms with E-state index in [9.17, 15) is 9.00 Å². The van der Waals surface area contributed by atoms with Crippen LogP contribution in [0.25, 0.3) is 11.1 Å². The van der Waals surface area contributed by atoms with Gasteiger partial charge in [-0.3, -0.25) is 9.00 Å². The van der Waals surface area contributed by atoms with Crippen molar-refractivity contribution in [1.29, 1.82) is 0 Å². The molecule has 2 atom stereocenters. The van der Waals surface area contributed by atoms with Crippen LogP contribution in [0, 0.1) is 0 Å². The van der Waals surface area contributed by atoms with Crippen molar-refractivity contribution in [2.75, 3.05) is 42.7 Å². The van der Waals surface area contributed by atoms with E-state index in [0.717, 1.165) is 59.9 Å². The minimum atomic E-state index is -1.09. The molecule has 0 spiro atoms. The average molecular weight is 481 g/mol. The van der Waals surface area contributed by atoms with Crippen LogP contribution in [0.3, 0.4) is 0 Å². The highest BCUT2D eigenvalue weighted by atomic mass is 32.2. The van der Waals surface area contributed by atoms with Crippen molar-refractivity contribution in [1.82, 2.24) is 19.9 Å². The van der Waals surface area contributed by atoms with E-state index in [-0.39, 0.29) is 17.9 Å². The van der Waals surface area contributed by atoms with Crippen LogP contribution in [0.2, 0.25) is 0 Å². The lowest BCUT2D eigenvalue weighted by molar-refractivity contribution is -0.132. The minimum absolute atomic E-state index is 0.0945. The van der Waals surface area contributed by atoms with Crippen LogP contribution in [0.5, 0.6) is 0 Å². The molecule has 2 fully saturated rings. The van der Waals surface area contributed by atoms with Gasteiger partial charge >= 0.3 is 0 Å². The van der Waals surface area contributed by atoms with E-state index in [1.165, 1.54) is 0 Å². The zero-order valence-electron chi connectivity index (χ0n) is 19.2. The number of benzene rings is 1. The summed E-state index contributed by atoms with van der Waals surface area (Å²) in [5.74, 6) is 3.20. The van der Waals surface area contributed by atoms with E-state index in [1.807, 2.05) is 31.3 Å². The maximum Gasteiger partial charge on any atom is 0.227 e. The standard InChI is InChI=1S/C24H28N6O3S/c1-29-14-16(6-7-20(29)31)25-22-21-18(10-13-34(21)32)27-24(28-22)30-11-8-15(9-12-30)23-26-17-4-2-3-5-19(17)33-23/h2-5,15-16H,6-14H2,1H3,(H,25,27,28)/t16-,34?/m0/s1. The maximum atomic E-state index is 12.7. The lowest BCUT2D eigenvalue weighted by atomic mass is 9.97. The number of likely N-dealkylation sites (N-methyl/N-ethyl adjacent to an activating group) is 1. The average Bonchev–Trinajstić information content (AvgIpc) is 3.45. The fourth-order valence-corrected chi connectivity index (χ4v) is 6.45. The number of likely N-dealkylation sites (tertiary alicyclic amines) is 1. The van der Waals surface area contributed by atoms with Crippen molar-refractivity contribution < 1.29 is 13.4 Å². The van der Waals surface area contributed by atoms with Gasteiger partial charge in [0, 0.05) is 57.2 Å². The summed E-state index contributed by atoms with van der Waals surface area (Å²) in [5.41, 5.74) is 2.62. The number of carbonyl (C=O) groups excluding carboxylic acids is 1. The van der Waals surface area contributed by atoms with Crippen molar-refractivity contribution in [2.24, 2.45) is 0 Å². The Hall–Kier alpha value is -3.01. The number of piperidine rings is 2. The van der Waals surface area contributed by atoms with Gasteiger partial charge in [-0.2, -0.15) is 4.98 Å². The number of aryl methyl sites for hydroxylation is 1.